The fraction of sp³-hybridized carbons (Fsp3) is 0.125. The first-order valence-corrected chi connectivity index (χ1v) is 11.7. The molecular weight excluding hydrogens is 398 g/mol. The van der Waals surface area contributed by atoms with Crippen molar-refractivity contribution in [2.75, 3.05) is 0 Å². The van der Waals surface area contributed by atoms with Crippen LogP contribution in [0.15, 0.2) is 130 Å². The largest absolute Gasteiger partial charge is 0.361 e. The number of nitrogens with one attached hydrogen (secondary N) is 1. The van der Waals surface area contributed by atoms with Crippen molar-refractivity contribution < 1.29 is 0 Å². The summed E-state index contributed by atoms with van der Waals surface area (Å²) >= 11 is 0. The maximum absolute atomic E-state index is 3.47. The number of allylic oxidation sites excluding steroid dienone is 12. The zero-order valence-electron chi connectivity index (χ0n) is 19.3. The molecule has 1 nitrogen and oxygen atoms in total. The van der Waals surface area contributed by atoms with Crippen LogP contribution < -0.4 is 5.32 Å². The van der Waals surface area contributed by atoms with Crippen LogP contribution in [0.2, 0.25) is 0 Å². The van der Waals surface area contributed by atoms with Crippen molar-refractivity contribution in [1.82, 2.24) is 5.32 Å². The Kier molecular flexibility index (Phi) is 4.58. The predicted octanol–water partition coefficient (Wildman–Crippen LogP) is 7.84. The molecule has 0 bridgehead atoms. The highest BCUT2D eigenvalue weighted by Gasteiger charge is 2.36. The topological polar surface area (TPSA) is 12.0 Å². The van der Waals surface area contributed by atoms with E-state index < -0.39 is 0 Å². The summed E-state index contributed by atoms with van der Waals surface area (Å²) in [5.74, 6) is 0.279. The van der Waals surface area contributed by atoms with Gasteiger partial charge in [-0.15, -0.1) is 0 Å². The molecule has 0 radical (unpaired) electrons. The van der Waals surface area contributed by atoms with E-state index in [2.05, 4.69) is 111 Å². The van der Waals surface area contributed by atoms with Crippen LogP contribution in [0.25, 0.3) is 17.2 Å². The lowest BCUT2D eigenvalue weighted by atomic mass is 9.81. The minimum absolute atomic E-state index is 0.279. The molecule has 1 heteroatoms. The van der Waals surface area contributed by atoms with E-state index in [1.165, 1.54) is 61.3 Å². The molecule has 1 aliphatic heterocycles. The average molecular weight is 426 g/mol. The van der Waals surface area contributed by atoms with Crippen molar-refractivity contribution in [3.8, 4) is 11.1 Å². The van der Waals surface area contributed by atoms with E-state index in [0.717, 1.165) is 5.70 Å². The number of hydrogen-bond acceptors (Lipinski definition) is 1. The summed E-state index contributed by atoms with van der Waals surface area (Å²) in [6.07, 6.45) is 19.7. The maximum Gasteiger partial charge on any atom is 0.0459 e. The lowest BCUT2D eigenvalue weighted by molar-refractivity contribution is 0.949. The first kappa shape index (κ1) is 19.8. The van der Waals surface area contributed by atoms with Crippen LogP contribution in [0.4, 0.5) is 0 Å². The van der Waals surface area contributed by atoms with Gasteiger partial charge in [0.25, 0.3) is 0 Å². The summed E-state index contributed by atoms with van der Waals surface area (Å²) in [6.45, 7) is 6.70. The van der Waals surface area contributed by atoms with E-state index in [9.17, 15) is 0 Å². The first-order chi connectivity index (χ1) is 16.1. The second-order valence-electron chi connectivity index (χ2n) is 9.28. The Labute approximate surface area is 196 Å². The normalized spacial score (nSPS) is 20.5. The van der Waals surface area contributed by atoms with E-state index >= 15 is 0 Å². The van der Waals surface area contributed by atoms with Gasteiger partial charge in [0.1, 0.15) is 0 Å². The lowest BCUT2D eigenvalue weighted by Gasteiger charge is -2.22. The highest BCUT2D eigenvalue weighted by Crippen LogP contribution is 2.53. The third-order valence-corrected chi connectivity index (χ3v) is 7.09. The van der Waals surface area contributed by atoms with Crippen molar-refractivity contribution in [2.24, 2.45) is 0 Å². The van der Waals surface area contributed by atoms with Gasteiger partial charge in [-0.05, 0) is 77.5 Å². The third kappa shape index (κ3) is 3.15. The molecular formula is C32H27N. The highest BCUT2D eigenvalue weighted by molar-refractivity contribution is 5.85. The van der Waals surface area contributed by atoms with Crippen LogP contribution in [-0.2, 0) is 0 Å². The van der Waals surface area contributed by atoms with Gasteiger partial charge in [-0.25, -0.2) is 0 Å². The quantitative estimate of drug-likeness (QED) is 0.528. The Morgan fingerprint density at radius 2 is 1.67 bits per heavy atom. The molecule has 1 heterocycles. The molecule has 2 aromatic rings. The molecule has 0 aromatic heterocycles. The number of fused-ring (bicyclic) bond motifs is 2. The van der Waals surface area contributed by atoms with E-state index in [-0.39, 0.29) is 5.92 Å². The first-order valence-electron chi connectivity index (χ1n) is 11.7. The fourth-order valence-electron chi connectivity index (χ4n) is 5.57. The van der Waals surface area contributed by atoms with Gasteiger partial charge in [-0.1, -0.05) is 90.1 Å². The summed E-state index contributed by atoms with van der Waals surface area (Å²) in [6, 6.07) is 15.7. The van der Waals surface area contributed by atoms with E-state index in [1.54, 1.807) is 0 Å². The van der Waals surface area contributed by atoms with Crippen LogP contribution >= 0.6 is 0 Å². The second kappa shape index (κ2) is 7.64. The van der Waals surface area contributed by atoms with Gasteiger partial charge in [0, 0.05) is 23.4 Å². The van der Waals surface area contributed by atoms with Crippen molar-refractivity contribution in [1.29, 1.82) is 0 Å². The molecule has 0 fully saturated rings. The van der Waals surface area contributed by atoms with Crippen LogP contribution in [-0.4, -0.2) is 0 Å². The fourth-order valence-corrected chi connectivity index (χ4v) is 5.57. The van der Waals surface area contributed by atoms with Gasteiger partial charge in [0.05, 0.1) is 0 Å². The van der Waals surface area contributed by atoms with Gasteiger partial charge < -0.3 is 5.32 Å². The number of aryl methyl sites for hydroxylation is 1. The number of benzene rings is 2. The van der Waals surface area contributed by atoms with Crippen molar-refractivity contribution in [3.63, 3.8) is 0 Å². The molecule has 1 unspecified atom stereocenters. The van der Waals surface area contributed by atoms with Gasteiger partial charge in [-0.2, -0.15) is 0 Å². The number of rotatable bonds is 3. The van der Waals surface area contributed by atoms with E-state index in [0.29, 0.717) is 0 Å². The molecule has 0 saturated carbocycles. The Bertz CT molecular complexity index is 1430. The van der Waals surface area contributed by atoms with Gasteiger partial charge in [0.15, 0.2) is 0 Å². The third-order valence-electron chi connectivity index (χ3n) is 7.09. The maximum atomic E-state index is 3.47. The summed E-state index contributed by atoms with van der Waals surface area (Å²) in [4.78, 5) is 0. The van der Waals surface area contributed by atoms with E-state index in [4.69, 9.17) is 0 Å². The van der Waals surface area contributed by atoms with Gasteiger partial charge >= 0.3 is 0 Å². The minimum Gasteiger partial charge on any atom is -0.361 e. The van der Waals surface area contributed by atoms with Crippen LogP contribution in [0, 0.1) is 6.92 Å². The molecule has 4 aliphatic rings. The molecule has 160 valence electrons. The molecule has 1 N–H and O–H groups in total. The minimum atomic E-state index is 0.279. The Morgan fingerprint density at radius 3 is 2.52 bits per heavy atom. The molecule has 1 atom stereocenters. The lowest BCUT2D eigenvalue weighted by Crippen LogP contribution is -2.10. The molecule has 0 spiro atoms. The van der Waals surface area contributed by atoms with E-state index in [1.807, 2.05) is 12.3 Å². The van der Waals surface area contributed by atoms with Crippen LogP contribution in [0.3, 0.4) is 0 Å². The Morgan fingerprint density at radius 1 is 0.818 bits per heavy atom. The predicted molar refractivity (Wildman–Crippen MR) is 139 cm³/mol. The molecule has 0 saturated heterocycles. The van der Waals surface area contributed by atoms with Crippen molar-refractivity contribution >= 4 is 6.08 Å². The standard InChI is InChI=1S/C32H27N/c1-20-11-13-23(14-12-20)25-8-7-9-26-28(25)19-22(3)30(26)31-21(2)18-24-15-16-27(32(24)31)29-10-5-4-6-17-33-29/h4-19,30,33H,1-3H3. The zero-order chi connectivity index (χ0) is 22.5. The molecule has 3 aliphatic carbocycles. The van der Waals surface area contributed by atoms with Crippen molar-refractivity contribution in [3.05, 3.63) is 147 Å². The second-order valence-corrected chi connectivity index (χ2v) is 9.28. The monoisotopic (exact) mass is 425 g/mol. The summed E-state index contributed by atoms with van der Waals surface area (Å²) < 4.78 is 0. The van der Waals surface area contributed by atoms with Gasteiger partial charge in [0.2, 0.25) is 0 Å². The Balaban J connectivity index is 1.48. The molecule has 0 amide bonds. The summed E-state index contributed by atoms with van der Waals surface area (Å²) in [7, 11) is 0. The zero-order valence-corrected chi connectivity index (χ0v) is 19.3. The SMILES string of the molecule is CC1=Cc2c(-c3ccc(C)cc3)cccc2C1C1=C(C)C=C2C=CC(C3=CC=CC=CN3)=C21. The van der Waals surface area contributed by atoms with Crippen LogP contribution in [0.1, 0.15) is 36.5 Å². The van der Waals surface area contributed by atoms with Gasteiger partial charge in [-0.3, -0.25) is 0 Å². The molecule has 33 heavy (non-hydrogen) atoms. The molecule has 2 aromatic carbocycles. The summed E-state index contributed by atoms with van der Waals surface area (Å²) in [5, 5.41) is 3.47. The van der Waals surface area contributed by atoms with Crippen molar-refractivity contribution in [2.45, 2.75) is 26.7 Å². The average Bonchev–Trinajstić information content (AvgIpc) is 3.36. The Hall–Kier alpha value is -3.84. The highest BCUT2D eigenvalue weighted by atomic mass is 14.9. The smallest absolute Gasteiger partial charge is 0.0459 e. The molecule has 6 rings (SSSR count). The van der Waals surface area contributed by atoms with Crippen LogP contribution in [0.5, 0.6) is 0 Å². The summed E-state index contributed by atoms with van der Waals surface area (Å²) in [5.41, 5.74) is 16.0. The number of hydrogen-bond donors (Lipinski definition) is 1.